The number of nitrogens with zero attached hydrogens (tertiary/aromatic N) is 3. The Bertz CT molecular complexity index is 2180. The summed E-state index contributed by atoms with van der Waals surface area (Å²) in [5.41, 5.74) is 21.0. The minimum Gasteiger partial charge on any atom is -0.466 e. The molecule has 3 aromatic carbocycles. The number of ether oxygens (including phenoxy) is 1. The maximum atomic E-state index is 12.0. The summed E-state index contributed by atoms with van der Waals surface area (Å²) in [6.07, 6.45) is 9.43. The highest BCUT2D eigenvalue weighted by atomic mass is 35.5. The third-order valence-corrected chi connectivity index (χ3v) is 9.39. The average molecular weight is 909 g/mol. The van der Waals surface area contributed by atoms with Gasteiger partial charge in [0, 0.05) is 72.7 Å². The number of fused-ring (bicyclic) bond motifs is 3. The molecule has 1 amide bonds. The number of hydrogen-bond donors (Lipinski definition) is 6. The van der Waals surface area contributed by atoms with Crippen LogP contribution < -0.4 is 33.2 Å². The third kappa shape index (κ3) is 22.7. The van der Waals surface area contributed by atoms with E-state index in [-0.39, 0.29) is 12.5 Å². The number of unbranched alkanes of at least 4 members (excludes halogenated alkanes) is 6. The van der Waals surface area contributed by atoms with E-state index in [0.717, 1.165) is 103 Å². The van der Waals surface area contributed by atoms with E-state index in [0.29, 0.717) is 19.6 Å². The zero-order valence-electron chi connectivity index (χ0n) is 37.0. The number of halogens is 4. The minimum atomic E-state index is -4.80. The Labute approximate surface area is 380 Å². The van der Waals surface area contributed by atoms with Gasteiger partial charge in [0.05, 0.1) is 28.2 Å². The van der Waals surface area contributed by atoms with Gasteiger partial charge in [0.25, 0.3) is 0 Å². The number of carbonyl (C=O) groups excluding carboxylic acids is 2. The molecule has 64 heavy (non-hydrogen) atoms. The van der Waals surface area contributed by atoms with Gasteiger partial charge in [0.1, 0.15) is 0 Å². The molecule has 9 N–H and O–H groups in total. The maximum Gasteiger partial charge on any atom is 0.471 e. The van der Waals surface area contributed by atoms with Gasteiger partial charge in [-0.15, -0.1) is 0 Å². The van der Waals surface area contributed by atoms with Crippen molar-refractivity contribution in [3.8, 4) is 0 Å². The lowest BCUT2D eigenvalue weighted by atomic mass is 10.2. The molecule has 6 rings (SSSR count). The molecule has 0 fully saturated rings. The number of esters is 1. The summed E-state index contributed by atoms with van der Waals surface area (Å²) in [6, 6.07) is 29.5. The van der Waals surface area contributed by atoms with Crippen molar-refractivity contribution in [3.05, 3.63) is 115 Å². The first-order valence-electron chi connectivity index (χ1n) is 21.7. The number of pyridine rings is 3. The molecule has 0 aliphatic rings. The summed E-state index contributed by atoms with van der Waals surface area (Å²) < 4.78 is 40.3. The van der Waals surface area contributed by atoms with Gasteiger partial charge < -0.3 is 37.9 Å². The van der Waals surface area contributed by atoms with Crippen molar-refractivity contribution in [2.24, 2.45) is 17.2 Å². The van der Waals surface area contributed by atoms with Crippen LogP contribution in [0.5, 0.6) is 0 Å². The molecule has 0 spiro atoms. The Morgan fingerprint density at radius 2 is 0.969 bits per heavy atom. The number of para-hydroxylation sites is 3. The molecular formula is C48H65ClF3N9O3. The van der Waals surface area contributed by atoms with Crippen LogP contribution in [0.25, 0.3) is 32.7 Å². The van der Waals surface area contributed by atoms with Crippen molar-refractivity contribution >= 4 is 67.6 Å². The van der Waals surface area contributed by atoms with E-state index in [9.17, 15) is 22.8 Å². The molecule has 0 unspecified atom stereocenters. The zero-order chi connectivity index (χ0) is 46.8. The Morgan fingerprint density at radius 3 is 1.38 bits per heavy atom. The van der Waals surface area contributed by atoms with E-state index in [1.807, 2.05) is 90.4 Å². The first-order valence-corrected chi connectivity index (χ1v) is 22.1. The van der Waals surface area contributed by atoms with Crippen LogP contribution in [0.1, 0.15) is 71.6 Å². The quantitative estimate of drug-likeness (QED) is 0.0355. The predicted octanol–water partition coefficient (Wildman–Crippen LogP) is 9.80. The largest absolute Gasteiger partial charge is 0.471 e. The normalized spacial score (nSPS) is 10.5. The number of alkyl halides is 3. The van der Waals surface area contributed by atoms with Gasteiger partial charge in [-0.25, -0.2) is 0 Å². The SMILES string of the molecule is CCOC(C)=O.Clc1ccnc2ccccc12.NCCCCCN.NCCCCCNc1ccnc2ccccc12.O=C(NCCCCCNc1ccnc2ccccc12)C(F)(F)F. The summed E-state index contributed by atoms with van der Waals surface area (Å²) in [5.74, 6) is -2.09. The first kappa shape index (κ1) is 54.5. The number of carbonyl (C=O) groups is 2. The van der Waals surface area contributed by atoms with E-state index in [1.54, 1.807) is 25.4 Å². The van der Waals surface area contributed by atoms with Crippen LogP contribution in [0.4, 0.5) is 24.5 Å². The summed E-state index contributed by atoms with van der Waals surface area (Å²) in [5, 5.41) is 12.6. The van der Waals surface area contributed by atoms with Crippen molar-refractivity contribution in [1.82, 2.24) is 20.3 Å². The van der Waals surface area contributed by atoms with E-state index in [4.69, 9.17) is 28.8 Å². The number of rotatable bonds is 18. The molecule has 0 bridgehead atoms. The van der Waals surface area contributed by atoms with Crippen molar-refractivity contribution < 1.29 is 27.5 Å². The molecule has 12 nitrogen and oxygen atoms in total. The fraction of sp³-hybridized carbons (Fsp3) is 0.396. The number of aromatic nitrogens is 3. The highest BCUT2D eigenvalue weighted by Crippen LogP contribution is 2.23. The fourth-order valence-electron chi connectivity index (χ4n) is 5.85. The molecule has 0 saturated heterocycles. The van der Waals surface area contributed by atoms with Crippen molar-refractivity contribution in [3.63, 3.8) is 0 Å². The molecule has 16 heteroatoms. The van der Waals surface area contributed by atoms with Crippen molar-refractivity contribution in [2.75, 3.05) is 56.5 Å². The lowest BCUT2D eigenvalue weighted by Gasteiger charge is -2.10. The topological polar surface area (TPSA) is 196 Å². The Morgan fingerprint density at radius 1 is 0.578 bits per heavy atom. The van der Waals surface area contributed by atoms with Gasteiger partial charge in [-0.05, 0) is 108 Å². The van der Waals surface area contributed by atoms with Crippen LogP contribution in [0, 0.1) is 0 Å². The molecular weight excluding hydrogens is 843 g/mol. The molecule has 3 heterocycles. The van der Waals surface area contributed by atoms with Crippen LogP contribution in [0.3, 0.4) is 0 Å². The van der Waals surface area contributed by atoms with Crippen LogP contribution in [-0.2, 0) is 14.3 Å². The molecule has 0 saturated carbocycles. The van der Waals surface area contributed by atoms with Crippen molar-refractivity contribution in [2.45, 2.75) is 77.8 Å². The highest BCUT2D eigenvalue weighted by Gasteiger charge is 2.38. The second kappa shape index (κ2) is 33.0. The third-order valence-electron chi connectivity index (χ3n) is 9.06. The number of hydrogen-bond acceptors (Lipinski definition) is 11. The first-order chi connectivity index (χ1) is 31.0. The number of nitrogens with two attached hydrogens (primary N) is 3. The van der Waals surface area contributed by atoms with E-state index in [1.165, 1.54) is 30.8 Å². The highest BCUT2D eigenvalue weighted by molar-refractivity contribution is 6.35. The van der Waals surface area contributed by atoms with Crippen molar-refractivity contribution in [1.29, 1.82) is 0 Å². The molecule has 0 atom stereocenters. The van der Waals surface area contributed by atoms with Gasteiger partial charge in [0.2, 0.25) is 0 Å². The fourth-order valence-corrected chi connectivity index (χ4v) is 6.07. The summed E-state index contributed by atoms with van der Waals surface area (Å²) in [4.78, 5) is 33.2. The smallest absolute Gasteiger partial charge is 0.466 e. The molecule has 3 aromatic heterocycles. The standard InChI is InChI=1S/C16H18F3N3O.C14H19N3.C9H6ClN.C5H14N2.C4H8O2/c17-16(18,19)15(23)22-10-5-1-4-9-20-14-8-11-21-13-7-3-2-6-12(13)14;15-9-4-1-5-10-16-14-8-11-17-13-7-3-2-6-12(13)14;10-8-5-6-11-9-4-2-1-3-7(8)9;6-4-2-1-3-5-7;1-3-6-4(2)5/h2-3,6-8,11H,1,4-5,9-10H2,(H,20,21)(H,22,23);2-3,6-8,11H,1,4-5,9-10,15H2,(H,16,17);1-6H;1-7H2;3H2,1-2H3. The number of amides is 1. The van der Waals surface area contributed by atoms with E-state index < -0.39 is 12.1 Å². The summed E-state index contributed by atoms with van der Waals surface area (Å²) >= 11 is 5.92. The molecule has 0 radical (unpaired) electrons. The Balaban J connectivity index is 0.000000300. The van der Waals surface area contributed by atoms with Gasteiger partial charge in [0.15, 0.2) is 0 Å². The maximum absolute atomic E-state index is 12.0. The number of anilines is 2. The van der Waals surface area contributed by atoms with E-state index >= 15 is 0 Å². The summed E-state index contributed by atoms with van der Waals surface area (Å²) in [6.45, 7) is 7.80. The Hall–Kier alpha value is -5.61. The van der Waals surface area contributed by atoms with Gasteiger partial charge in [-0.1, -0.05) is 79.0 Å². The summed E-state index contributed by atoms with van der Waals surface area (Å²) in [7, 11) is 0. The molecule has 6 aromatic rings. The van der Waals surface area contributed by atoms with Crippen LogP contribution in [0.2, 0.25) is 5.02 Å². The minimum absolute atomic E-state index is 0.0382. The average Bonchev–Trinajstić information content (AvgIpc) is 3.29. The van der Waals surface area contributed by atoms with Gasteiger partial charge in [-0.2, -0.15) is 13.2 Å². The van der Waals surface area contributed by atoms with Crippen LogP contribution in [0.15, 0.2) is 110 Å². The lowest BCUT2D eigenvalue weighted by molar-refractivity contribution is -0.173. The Kier molecular flexibility index (Phi) is 28.1. The number of benzene rings is 3. The molecule has 0 aliphatic heterocycles. The van der Waals surface area contributed by atoms with E-state index in [2.05, 4.69) is 36.4 Å². The van der Waals surface area contributed by atoms with Crippen LogP contribution in [-0.4, -0.2) is 78.9 Å². The van der Waals surface area contributed by atoms with Gasteiger partial charge in [-0.3, -0.25) is 24.5 Å². The van der Waals surface area contributed by atoms with Gasteiger partial charge >= 0.3 is 18.1 Å². The molecule has 0 aliphatic carbocycles. The monoisotopic (exact) mass is 907 g/mol. The van der Waals surface area contributed by atoms with Crippen LogP contribution >= 0.6 is 11.6 Å². The second-order valence-corrected chi connectivity index (χ2v) is 14.5. The number of nitrogens with one attached hydrogen (secondary N) is 3. The molecule has 348 valence electrons. The lowest BCUT2D eigenvalue weighted by Crippen LogP contribution is -2.37. The zero-order valence-corrected chi connectivity index (χ0v) is 37.8. The predicted molar refractivity (Wildman–Crippen MR) is 257 cm³/mol. The second-order valence-electron chi connectivity index (χ2n) is 14.1.